The van der Waals surface area contributed by atoms with E-state index in [0.717, 1.165) is 5.56 Å². The molecule has 1 aromatic heterocycles. The second kappa shape index (κ2) is 5.45. The van der Waals surface area contributed by atoms with Crippen LogP contribution in [0.25, 0.3) is 0 Å². The summed E-state index contributed by atoms with van der Waals surface area (Å²) >= 11 is 3.13. The molecule has 0 fully saturated rings. The second-order valence-electron chi connectivity index (χ2n) is 3.74. The molecule has 0 amide bonds. The third kappa shape index (κ3) is 2.85. The lowest BCUT2D eigenvalue weighted by Crippen LogP contribution is -2.04. The summed E-state index contributed by atoms with van der Waals surface area (Å²) in [6, 6.07) is 3.30. The Hall–Kier alpha value is -1.47. The van der Waals surface area contributed by atoms with Gasteiger partial charge in [0.1, 0.15) is 5.82 Å². The predicted molar refractivity (Wildman–Crippen MR) is 69.2 cm³/mol. The van der Waals surface area contributed by atoms with E-state index in [4.69, 9.17) is 4.42 Å². The van der Waals surface area contributed by atoms with Crippen LogP contribution < -0.4 is 10.6 Å². The number of aryl methyl sites for hydroxylation is 1. The average molecular weight is 315 g/mol. The molecule has 0 saturated heterocycles. The van der Waals surface area contributed by atoms with Crippen molar-refractivity contribution in [3.63, 3.8) is 0 Å². The topological polar surface area (TPSA) is 63.0 Å². The normalized spacial score (nSPS) is 10.7. The summed E-state index contributed by atoms with van der Waals surface area (Å²) < 4.78 is 19.2. The Balaban J connectivity index is 2.20. The van der Waals surface area contributed by atoms with Crippen LogP contribution in [0.3, 0.4) is 0 Å². The zero-order valence-corrected chi connectivity index (χ0v) is 11.5. The minimum atomic E-state index is -0.349. The third-order valence-corrected chi connectivity index (χ3v) is 2.91. The average Bonchev–Trinajstić information content (AvgIpc) is 2.74. The van der Waals surface area contributed by atoms with Gasteiger partial charge in [0.25, 0.3) is 0 Å². The van der Waals surface area contributed by atoms with Crippen molar-refractivity contribution in [1.82, 2.24) is 15.5 Å². The van der Waals surface area contributed by atoms with Gasteiger partial charge in [-0.15, -0.1) is 5.10 Å². The first-order chi connectivity index (χ1) is 8.60. The van der Waals surface area contributed by atoms with Crippen molar-refractivity contribution in [3.8, 4) is 0 Å². The molecule has 1 heterocycles. The van der Waals surface area contributed by atoms with Gasteiger partial charge in [0.2, 0.25) is 5.89 Å². The highest BCUT2D eigenvalue weighted by Gasteiger charge is 2.09. The summed E-state index contributed by atoms with van der Waals surface area (Å²) in [5.41, 5.74) is 1.46. The fourth-order valence-electron chi connectivity index (χ4n) is 1.42. The monoisotopic (exact) mass is 314 g/mol. The zero-order chi connectivity index (χ0) is 13.1. The predicted octanol–water partition coefficient (Wildman–Crippen LogP) is 2.74. The maximum atomic E-state index is 13.4. The van der Waals surface area contributed by atoms with Gasteiger partial charge in [0.15, 0.2) is 0 Å². The Kier molecular flexibility index (Phi) is 3.93. The van der Waals surface area contributed by atoms with E-state index in [1.807, 2.05) is 6.92 Å². The maximum absolute atomic E-state index is 13.4. The number of nitrogens with one attached hydrogen (secondary N) is 2. The molecule has 96 valence electrons. The van der Waals surface area contributed by atoms with Crippen molar-refractivity contribution in [2.75, 3.05) is 12.4 Å². The Labute approximate surface area is 112 Å². The summed E-state index contributed by atoms with van der Waals surface area (Å²) in [4.78, 5) is 0. The van der Waals surface area contributed by atoms with Crippen LogP contribution in [0.1, 0.15) is 11.5 Å². The Morgan fingerprint density at radius 2 is 2.17 bits per heavy atom. The number of hydrogen-bond donors (Lipinski definition) is 2. The molecule has 0 bridgehead atoms. The van der Waals surface area contributed by atoms with Crippen LogP contribution in [0, 0.1) is 12.7 Å². The second-order valence-corrected chi connectivity index (χ2v) is 4.59. The lowest BCUT2D eigenvalue weighted by molar-refractivity contribution is 0.493. The molecule has 1 aromatic carbocycles. The van der Waals surface area contributed by atoms with Gasteiger partial charge in [-0.25, -0.2) is 4.39 Å². The van der Waals surface area contributed by atoms with Gasteiger partial charge in [0.05, 0.1) is 11.0 Å². The summed E-state index contributed by atoms with van der Waals surface area (Å²) in [6.07, 6.45) is 0. The lowest BCUT2D eigenvalue weighted by atomic mass is 10.2. The summed E-state index contributed by atoms with van der Waals surface area (Å²) in [7, 11) is 1.78. The summed E-state index contributed by atoms with van der Waals surface area (Å²) in [5.74, 6) is 0.119. The summed E-state index contributed by atoms with van der Waals surface area (Å²) in [6.45, 7) is 2.35. The van der Waals surface area contributed by atoms with E-state index in [-0.39, 0.29) is 11.8 Å². The molecule has 0 spiro atoms. The molecule has 0 unspecified atom stereocenters. The van der Waals surface area contributed by atoms with Crippen LogP contribution >= 0.6 is 15.9 Å². The smallest absolute Gasteiger partial charge is 0.320 e. The van der Waals surface area contributed by atoms with Crippen LogP contribution in [0.5, 0.6) is 0 Å². The largest absolute Gasteiger partial charge is 0.406 e. The van der Waals surface area contributed by atoms with Crippen molar-refractivity contribution in [2.45, 2.75) is 13.5 Å². The number of benzene rings is 1. The highest BCUT2D eigenvalue weighted by Crippen LogP contribution is 2.26. The molecule has 2 N–H and O–H groups in total. The Bertz CT molecular complexity index is 558. The minimum Gasteiger partial charge on any atom is -0.406 e. The maximum Gasteiger partial charge on any atom is 0.320 e. The quantitative estimate of drug-likeness (QED) is 0.908. The first-order valence-electron chi connectivity index (χ1n) is 5.30. The van der Waals surface area contributed by atoms with Gasteiger partial charge in [-0.3, -0.25) is 0 Å². The number of hydrogen-bond acceptors (Lipinski definition) is 5. The lowest BCUT2D eigenvalue weighted by Gasteiger charge is -2.06. The Morgan fingerprint density at radius 1 is 1.39 bits per heavy atom. The van der Waals surface area contributed by atoms with E-state index in [0.29, 0.717) is 22.6 Å². The number of rotatable bonds is 4. The molecule has 0 aliphatic rings. The van der Waals surface area contributed by atoms with Crippen molar-refractivity contribution < 1.29 is 8.81 Å². The van der Waals surface area contributed by atoms with Crippen LogP contribution in [0.2, 0.25) is 0 Å². The van der Waals surface area contributed by atoms with E-state index >= 15 is 0 Å². The Morgan fingerprint density at radius 3 is 2.89 bits per heavy atom. The highest BCUT2D eigenvalue weighted by molar-refractivity contribution is 9.10. The highest BCUT2D eigenvalue weighted by atomic mass is 79.9. The fraction of sp³-hybridized carbons (Fsp3) is 0.273. The van der Waals surface area contributed by atoms with Gasteiger partial charge in [-0.2, -0.15) is 0 Å². The van der Waals surface area contributed by atoms with Gasteiger partial charge in [-0.1, -0.05) is 5.10 Å². The van der Waals surface area contributed by atoms with Gasteiger partial charge in [-0.05, 0) is 47.6 Å². The fourth-order valence-corrected chi connectivity index (χ4v) is 1.88. The van der Waals surface area contributed by atoms with Crippen molar-refractivity contribution >= 4 is 27.6 Å². The van der Waals surface area contributed by atoms with Crippen LogP contribution in [0.4, 0.5) is 16.1 Å². The molecule has 7 heteroatoms. The molecular formula is C11H12BrFN4O. The molecule has 0 atom stereocenters. The molecule has 2 rings (SSSR count). The molecule has 5 nitrogen and oxygen atoms in total. The first kappa shape index (κ1) is 13.0. The van der Waals surface area contributed by atoms with Crippen LogP contribution in [-0.4, -0.2) is 17.2 Å². The van der Waals surface area contributed by atoms with Crippen molar-refractivity contribution in [3.05, 3.63) is 33.9 Å². The molecule has 18 heavy (non-hydrogen) atoms. The van der Waals surface area contributed by atoms with Gasteiger partial charge >= 0.3 is 6.01 Å². The molecular weight excluding hydrogens is 303 g/mol. The molecule has 0 radical (unpaired) electrons. The van der Waals surface area contributed by atoms with Crippen LogP contribution in [-0.2, 0) is 6.54 Å². The minimum absolute atomic E-state index is 0.241. The SMILES string of the molecule is CNCc1nnc(Nc2cc(F)c(Br)cc2C)o1. The number of halogens is 2. The van der Waals surface area contributed by atoms with E-state index < -0.39 is 0 Å². The number of anilines is 2. The van der Waals surface area contributed by atoms with E-state index in [9.17, 15) is 4.39 Å². The van der Waals surface area contributed by atoms with E-state index in [1.54, 1.807) is 13.1 Å². The molecule has 0 saturated carbocycles. The van der Waals surface area contributed by atoms with Crippen molar-refractivity contribution in [1.29, 1.82) is 0 Å². The van der Waals surface area contributed by atoms with Gasteiger partial charge in [0, 0.05) is 5.69 Å². The van der Waals surface area contributed by atoms with Crippen LogP contribution in [0.15, 0.2) is 21.0 Å². The number of aromatic nitrogens is 2. The molecule has 2 aromatic rings. The zero-order valence-electron chi connectivity index (χ0n) is 9.92. The molecule has 0 aliphatic heterocycles. The van der Waals surface area contributed by atoms with Crippen molar-refractivity contribution in [2.24, 2.45) is 0 Å². The molecule has 0 aliphatic carbocycles. The van der Waals surface area contributed by atoms with Gasteiger partial charge < -0.3 is 15.1 Å². The third-order valence-electron chi connectivity index (χ3n) is 2.30. The summed E-state index contributed by atoms with van der Waals surface area (Å²) in [5, 5.41) is 13.4. The first-order valence-corrected chi connectivity index (χ1v) is 6.09. The standard InChI is InChI=1S/C11H12BrFN4O/c1-6-3-7(12)8(13)4-9(6)15-11-17-16-10(18-11)5-14-2/h3-4,14H,5H2,1-2H3,(H,15,17). The van der Waals surface area contributed by atoms with E-state index in [2.05, 4.69) is 36.8 Å². The number of nitrogens with zero attached hydrogens (tertiary/aromatic N) is 2. The van der Waals surface area contributed by atoms with E-state index in [1.165, 1.54) is 6.07 Å².